The molecule has 1 N–H and O–H groups in total. The SMILES string of the molecule is CN1CC[C@@H](Oc2nc(N3C[C@H]4CC[C@@H](C3)N4C(=O)OC(C)(C)C)nc3nc[nH]c23)C1. The summed E-state index contributed by atoms with van der Waals surface area (Å²) in [4.78, 5) is 36.0. The third-order valence-corrected chi connectivity index (χ3v) is 6.24. The number of ether oxygens (including phenoxy) is 2. The summed E-state index contributed by atoms with van der Waals surface area (Å²) in [5.41, 5.74) is 0.837. The van der Waals surface area contributed by atoms with E-state index in [0.29, 0.717) is 30.6 Å². The van der Waals surface area contributed by atoms with Crippen molar-refractivity contribution in [2.24, 2.45) is 0 Å². The van der Waals surface area contributed by atoms with Crippen molar-refractivity contribution >= 4 is 23.2 Å². The lowest BCUT2D eigenvalue weighted by molar-refractivity contribution is 0.0122. The van der Waals surface area contributed by atoms with Crippen molar-refractivity contribution in [3.63, 3.8) is 0 Å². The molecule has 3 fully saturated rings. The Morgan fingerprint density at radius 3 is 2.52 bits per heavy atom. The van der Waals surface area contributed by atoms with Crippen LogP contribution in [0.2, 0.25) is 0 Å². The number of fused-ring (bicyclic) bond motifs is 3. The zero-order valence-electron chi connectivity index (χ0n) is 18.7. The summed E-state index contributed by atoms with van der Waals surface area (Å²) in [5, 5.41) is 0. The van der Waals surface area contributed by atoms with Gasteiger partial charge in [-0.05, 0) is 47.1 Å². The number of aromatic nitrogens is 4. The van der Waals surface area contributed by atoms with Gasteiger partial charge in [-0.1, -0.05) is 0 Å². The number of hydrogen-bond donors (Lipinski definition) is 1. The Balaban J connectivity index is 1.37. The standard InChI is InChI=1S/C21H31N7O3/c1-21(2,3)31-20(29)28-13-5-6-14(28)10-27(9-13)19-24-17-16(22-12-23-17)18(25-19)30-15-7-8-26(4)11-15/h12-15H,5-11H2,1-4H3,(H,22,23,24,25)/t13-,14+,15-/m1/s1. The van der Waals surface area contributed by atoms with Gasteiger partial charge in [0.15, 0.2) is 5.65 Å². The molecule has 0 radical (unpaired) electrons. The molecule has 5 heterocycles. The topological polar surface area (TPSA) is 99.7 Å². The molecule has 3 saturated heterocycles. The number of carbonyl (C=O) groups excluding carboxylic acids is 1. The number of hydrogen-bond acceptors (Lipinski definition) is 8. The Morgan fingerprint density at radius 2 is 1.87 bits per heavy atom. The number of imidazole rings is 1. The van der Waals surface area contributed by atoms with E-state index in [9.17, 15) is 4.79 Å². The first-order chi connectivity index (χ1) is 14.8. The van der Waals surface area contributed by atoms with E-state index < -0.39 is 5.60 Å². The summed E-state index contributed by atoms with van der Waals surface area (Å²) >= 11 is 0. The smallest absolute Gasteiger partial charge is 0.410 e. The molecule has 5 rings (SSSR count). The predicted molar refractivity (Wildman–Crippen MR) is 115 cm³/mol. The second kappa shape index (κ2) is 7.51. The first kappa shape index (κ1) is 20.3. The summed E-state index contributed by atoms with van der Waals surface area (Å²) in [6.07, 6.45) is 4.41. The molecule has 2 aromatic rings. The van der Waals surface area contributed by atoms with Crippen molar-refractivity contribution in [3.8, 4) is 5.88 Å². The van der Waals surface area contributed by atoms with E-state index in [-0.39, 0.29) is 24.3 Å². The molecule has 0 aromatic carbocycles. The molecule has 2 aromatic heterocycles. The van der Waals surface area contributed by atoms with Crippen LogP contribution in [0, 0.1) is 0 Å². The van der Waals surface area contributed by atoms with Crippen molar-refractivity contribution < 1.29 is 14.3 Å². The maximum absolute atomic E-state index is 12.7. The fourth-order valence-electron chi connectivity index (χ4n) is 4.85. The van der Waals surface area contributed by atoms with E-state index in [0.717, 1.165) is 37.9 Å². The van der Waals surface area contributed by atoms with Gasteiger partial charge in [-0.3, -0.25) is 4.90 Å². The largest absolute Gasteiger partial charge is 0.471 e. The molecule has 3 aliphatic heterocycles. The Kier molecular flexibility index (Phi) is 4.91. The van der Waals surface area contributed by atoms with Crippen LogP contribution in [0.15, 0.2) is 6.33 Å². The molecular formula is C21H31N7O3. The van der Waals surface area contributed by atoms with Crippen LogP contribution in [0.5, 0.6) is 5.88 Å². The van der Waals surface area contributed by atoms with E-state index in [2.05, 4.69) is 31.8 Å². The highest BCUT2D eigenvalue weighted by atomic mass is 16.6. The van der Waals surface area contributed by atoms with Crippen LogP contribution >= 0.6 is 0 Å². The van der Waals surface area contributed by atoms with Gasteiger partial charge in [0.1, 0.15) is 17.2 Å². The molecule has 1 amide bonds. The maximum Gasteiger partial charge on any atom is 0.410 e. The average molecular weight is 430 g/mol. The van der Waals surface area contributed by atoms with Crippen LogP contribution in [0.3, 0.4) is 0 Å². The Morgan fingerprint density at radius 1 is 1.13 bits per heavy atom. The molecule has 10 heteroatoms. The summed E-state index contributed by atoms with van der Waals surface area (Å²) in [6.45, 7) is 8.96. The fraction of sp³-hybridized carbons (Fsp3) is 0.714. The molecule has 168 valence electrons. The van der Waals surface area contributed by atoms with Crippen LogP contribution in [-0.2, 0) is 4.74 Å². The highest BCUT2D eigenvalue weighted by Gasteiger charge is 2.45. The lowest BCUT2D eigenvalue weighted by atomic mass is 10.2. The minimum atomic E-state index is -0.498. The third-order valence-electron chi connectivity index (χ3n) is 6.24. The van der Waals surface area contributed by atoms with Crippen LogP contribution in [0.4, 0.5) is 10.7 Å². The number of nitrogens with one attached hydrogen (secondary N) is 1. The highest BCUT2D eigenvalue weighted by Crippen LogP contribution is 2.34. The van der Waals surface area contributed by atoms with E-state index in [1.165, 1.54) is 0 Å². The molecule has 3 aliphatic rings. The Hall–Kier alpha value is -2.62. The number of rotatable bonds is 3. The second-order valence-electron chi connectivity index (χ2n) is 9.90. The molecule has 10 nitrogen and oxygen atoms in total. The number of likely N-dealkylation sites (tertiary alicyclic amines) is 1. The molecular weight excluding hydrogens is 398 g/mol. The minimum absolute atomic E-state index is 0.0972. The van der Waals surface area contributed by atoms with E-state index in [4.69, 9.17) is 14.5 Å². The quantitative estimate of drug-likeness (QED) is 0.791. The van der Waals surface area contributed by atoms with Gasteiger partial charge in [0.2, 0.25) is 11.8 Å². The van der Waals surface area contributed by atoms with Crippen LogP contribution in [-0.4, -0.2) is 92.8 Å². The zero-order valence-corrected chi connectivity index (χ0v) is 18.7. The molecule has 3 atom stereocenters. The number of likely N-dealkylation sites (N-methyl/N-ethyl adjacent to an activating group) is 1. The molecule has 31 heavy (non-hydrogen) atoms. The van der Waals surface area contributed by atoms with Gasteiger partial charge >= 0.3 is 6.09 Å². The minimum Gasteiger partial charge on any atom is -0.471 e. The zero-order chi connectivity index (χ0) is 21.8. The van der Waals surface area contributed by atoms with Gasteiger partial charge in [-0.15, -0.1) is 0 Å². The number of H-pyrrole nitrogens is 1. The van der Waals surface area contributed by atoms with Crippen LogP contribution in [0.1, 0.15) is 40.0 Å². The van der Waals surface area contributed by atoms with Crippen LogP contribution in [0.25, 0.3) is 11.2 Å². The Bertz CT molecular complexity index is 958. The summed E-state index contributed by atoms with van der Waals surface area (Å²) in [7, 11) is 2.10. The van der Waals surface area contributed by atoms with Gasteiger partial charge in [0.25, 0.3) is 0 Å². The van der Waals surface area contributed by atoms with Crippen molar-refractivity contribution in [1.82, 2.24) is 29.7 Å². The number of amides is 1. The molecule has 0 unspecified atom stereocenters. The van der Waals surface area contributed by atoms with Crippen LogP contribution < -0.4 is 9.64 Å². The first-order valence-corrected chi connectivity index (χ1v) is 11.1. The number of carbonyl (C=O) groups is 1. The molecule has 0 spiro atoms. The summed E-state index contributed by atoms with van der Waals surface area (Å²) in [5.74, 6) is 1.17. The number of anilines is 1. The third kappa shape index (κ3) is 4.00. The predicted octanol–water partition coefficient (Wildman–Crippen LogP) is 2.02. The summed E-state index contributed by atoms with van der Waals surface area (Å²) < 4.78 is 11.9. The van der Waals surface area contributed by atoms with E-state index in [1.54, 1.807) is 6.33 Å². The molecule has 2 bridgehead atoms. The lowest BCUT2D eigenvalue weighted by Crippen LogP contribution is -2.57. The molecule has 0 saturated carbocycles. The highest BCUT2D eigenvalue weighted by molar-refractivity contribution is 5.77. The van der Waals surface area contributed by atoms with Gasteiger partial charge in [0.05, 0.1) is 18.4 Å². The van der Waals surface area contributed by atoms with Gasteiger partial charge in [-0.2, -0.15) is 9.97 Å². The Labute approximate surface area is 181 Å². The van der Waals surface area contributed by atoms with Gasteiger partial charge in [0, 0.05) is 26.2 Å². The van der Waals surface area contributed by atoms with Crippen molar-refractivity contribution in [1.29, 1.82) is 0 Å². The monoisotopic (exact) mass is 429 g/mol. The van der Waals surface area contributed by atoms with Crippen molar-refractivity contribution in [3.05, 3.63) is 6.33 Å². The lowest BCUT2D eigenvalue weighted by Gasteiger charge is -2.41. The average Bonchev–Trinajstić information content (AvgIpc) is 3.38. The molecule has 0 aliphatic carbocycles. The van der Waals surface area contributed by atoms with Gasteiger partial charge < -0.3 is 24.3 Å². The van der Waals surface area contributed by atoms with Crippen molar-refractivity contribution in [2.75, 3.05) is 38.1 Å². The maximum atomic E-state index is 12.7. The number of aromatic amines is 1. The van der Waals surface area contributed by atoms with E-state index in [1.807, 2.05) is 25.7 Å². The van der Waals surface area contributed by atoms with Crippen molar-refractivity contribution in [2.45, 2.75) is 63.8 Å². The first-order valence-electron chi connectivity index (χ1n) is 11.1. The fourth-order valence-corrected chi connectivity index (χ4v) is 4.85. The number of nitrogens with zero attached hydrogens (tertiary/aromatic N) is 6. The summed E-state index contributed by atoms with van der Waals surface area (Å²) in [6, 6.07) is 0.194. The van der Waals surface area contributed by atoms with E-state index >= 15 is 0 Å². The normalized spacial score (nSPS) is 26.6. The number of piperazine rings is 1. The van der Waals surface area contributed by atoms with Gasteiger partial charge in [-0.25, -0.2) is 9.78 Å². The second-order valence-corrected chi connectivity index (χ2v) is 9.90.